The molecule has 0 fully saturated rings. The van der Waals surface area contributed by atoms with Crippen molar-refractivity contribution in [1.29, 1.82) is 0 Å². The van der Waals surface area contributed by atoms with Crippen LogP contribution in [0.15, 0.2) is 103 Å². The topological polar surface area (TPSA) is 67.9 Å². The van der Waals surface area contributed by atoms with Gasteiger partial charge in [0, 0.05) is 18.0 Å². The number of hydrogen-bond donors (Lipinski definition) is 1. The molecule has 4 aromatic rings. The van der Waals surface area contributed by atoms with Gasteiger partial charge in [-0.1, -0.05) is 72.8 Å². The lowest BCUT2D eigenvalue weighted by atomic mass is 9.88. The number of aryl methyl sites for hydroxylation is 1. The molecule has 198 valence electrons. The van der Waals surface area contributed by atoms with E-state index in [2.05, 4.69) is 5.32 Å². The summed E-state index contributed by atoms with van der Waals surface area (Å²) in [6.45, 7) is 4.43. The molecular weight excluding hydrogens is 488 g/mol. The molecule has 1 heterocycles. The summed E-state index contributed by atoms with van der Waals surface area (Å²) in [7, 11) is 0. The van der Waals surface area contributed by atoms with E-state index in [4.69, 9.17) is 9.47 Å². The Morgan fingerprint density at radius 3 is 2.28 bits per heavy atom. The van der Waals surface area contributed by atoms with Crippen molar-refractivity contribution in [2.24, 2.45) is 0 Å². The van der Waals surface area contributed by atoms with E-state index in [0.717, 1.165) is 22.4 Å². The quantitative estimate of drug-likeness (QED) is 0.279. The van der Waals surface area contributed by atoms with Crippen LogP contribution in [0, 0.1) is 6.92 Å². The number of benzene rings is 4. The lowest BCUT2D eigenvalue weighted by Crippen LogP contribution is -2.46. The zero-order valence-electron chi connectivity index (χ0n) is 22.2. The van der Waals surface area contributed by atoms with Gasteiger partial charge in [-0.2, -0.15) is 0 Å². The van der Waals surface area contributed by atoms with Gasteiger partial charge in [0.25, 0.3) is 5.91 Å². The van der Waals surface area contributed by atoms with Crippen molar-refractivity contribution in [3.05, 3.63) is 120 Å². The Bertz CT molecular complexity index is 1400. The summed E-state index contributed by atoms with van der Waals surface area (Å²) in [6.07, 6.45) is -0.319. The molecule has 0 bridgehead atoms. The van der Waals surface area contributed by atoms with Crippen LogP contribution in [0.25, 0.3) is 0 Å². The van der Waals surface area contributed by atoms with Crippen LogP contribution in [0.5, 0.6) is 11.5 Å². The highest BCUT2D eigenvalue weighted by Gasteiger charge is 2.32. The summed E-state index contributed by atoms with van der Waals surface area (Å²) in [5.41, 5.74) is 4.49. The molecule has 1 aliphatic heterocycles. The van der Waals surface area contributed by atoms with E-state index < -0.39 is 6.10 Å². The van der Waals surface area contributed by atoms with Crippen molar-refractivity contribution < 1.29 is 19.1 Å². The summed E-state index contributed by atoms with van der Waals surface area (Å²) < 4.78 is 11.8. The predicted molar refractivity (Wildman–Crippen MR) is 154 cm³/mol. The Kier molecular flexibility index (Phi) is 7.92. The Morgan fingerprint density at radius 2 is 1.62 bits per heavy atom. The number of ether oxygens (including phenoxy) is 2. The summed E-state index contributed by atoms with van der Waals surface area (Å²) in [4.78, 5) is 28.0. The highest BCUT2D eigenvalue weighted by atomic mass is 16.5. The maximum atomic E-state index is 13.2. The van der Waals surface area contributed by atoms with Crippen LogP contribution in [-0.2, 0) is 9.59 Å². The van der Waals surface area contributed by atoms with Crippen molar-refractivity contribution in [2.45, 2.75) is 32.3 Å². The van der Waals surface area contributed by atoms with Crippen LogP contribution < -0.4 is 19.7 Å². The highest BCUT2D eigenvalue weighted by molar-refractivity contribution is 6.01. The third-order valence-electron chi connectivity index (χ3n) is 6.82. The molecule has 1 N–H and O–H groups in total. The summed E-state index contributed by atoms with van der Waals surface area (Å²) >= 11 is 0. The van der Waals surface area contributed by atoms with Crippen LogP contribution >= 0.6 is 0 Å². The lowest BCUT2D eigenvalue weighted by molar-refractivity contribution is -0.125. The molecule has 1 unspecified atom stereocenters. The second kappa shape index (κ2) is 11.9. The van der Waals surface area contributed by atoms with Gasteiger partial charge >= 0.3 is 0 Å². The molecule has 1 aliphatic rings. The van der Waals surface area contributed by atoms with Crippen LogP contribution in [0.3, 0.4) is 0 Å². The Balaban J connectivity index is 1.31. The molecular formula is C33H32N2O4. The third-order valence-corrected chi connectivity index (χ3v) is 6.82. The molecule has 0 aliphatic carbocycles. The highest BCUT2D eigenvalue weighted by Crippen LogP contribution is 2.37. The normalized spacial score (nSPS) is 14.5. The second-order valence-corrected chi connectivity index (χ2v) is 9.72. The maximum Gasteiger partial charge on any atom is 0.267 e. The van der Waals surface area contributed by atoms with Crippen molar-refractivity contribution in [3.8, 4) is 11.5 Å². The lowest BCUT2D eigenvalue weighted by Gasteiger charge is -2.33. The van der Waals surface area contributed by atoms with Gasteiger partial charge in [-0.15, -0.1) is 0 Å². The number of amides is 2. The van der Waals surface area contributed by atoms with Gasteiger partial charge in [-0.05, 0) is 60.9 Å². The van der Waals surface area contributed by atoms with E-state index in [1.807, 2.05) is 91.9 Å². The summed E-state index contributed by atoms with van der Waals surface area (Å²) in [5.74, 6) is 1.02. The van der Waals surface area contributed by atoms with Gasteiger partial charge in [-0.25, -0.2) is 0 Å². The van der Waals surface area contributed by atoms with E-state index in [9.17, 15) is 9.59 Å². The van der Waals surface area contributed by atoms with Gasteiger partial charge in [0.1, 0.15) is 18.1 Å². The summed E-state index contributed by atoms with van der Waals surface area (Å²) in [6, 6.07) is 33.3. The van der Waals surface area contributed by atoms with E-state index in [0.29, 0.717) is 30.3 Å². The number of carbonyl (C=O) groups excluding carboxylic acids is 2. The molecule has 4 aromatic carbocycles. The number of nitrogens with zero attached hydrogens (tertiary/aromatic N) is 1. The molecule has 6 heteroatoms. The van der Waals surface area contributed by atoms with Crippen LogP contribution in [0.1, 0.15) is 36.0 Å². The van der Waals surface area contributed by atoms with Gasteiger partial charge in [-0.3, -0.25) is 9.59 Å². The first kappa shape index (κ1) is 26.0. The van der Waals surface area contributed by atoms with Crippen molar-refractivity contribution in [1.82, 2.24) is 0 Å². The smallest absolute Gasteiger partial charge is 0.267 e. The molecule has 0 saturated heterocycles. The standard InChI is InChI=1S/C33H32N2O4/c1-23-10-9-15-28(20-23)38-19-18-35-30-21-27(16-17-31(30)39-24(2)33(35)37)34-32(36)22-29(25-11-5-3-6-12-25)26-13-7-4-8-14-26/h3-17,20-21,24,29H,18-19,22H2,1-2H3,(H,34,36). The number of rotatable bonds is 9. The average Bonchev–Trinajstić information content (AvgIpc) is 2.95. The summed E-state index contributed by atoms with van der Waals surface area (Å²) in [5, 5.41) is 3.03. The number of fused-ring (bicyclic) bond motifs is 1. The monoisotopic (exact) mass is 520 g/mol. The largest absolute Gasteiger partial charge is 0.492 e. The van der Waals surface area contributed by atoms with Crippen LogP contribution in [0.2, 0.25) is 0 Å². The number of nitrogens with one attached hydrogen (secondary N) is 1. The molecule has 39 heavy (non-hydrogen) atoms. The minimum Gasteiger partial charge on any atom is -0.492 e. The predicted octanol–water partition coefficient (Wildman–Crippen LogP) is 6.35. The molecule has 0 radical (unpaired) electrons. The molecule has 0 aromatic heterocycles. The van der Waals surface area contributed by atoms with E-state index in [-0.39, 0.29) is 24.2 Å². The molecule has 0 spiro atoms. The second-order valence-electron chi connectivity index (χ2n) is 9.72. The Labute approximate surface area is 229 Å². The molecule has 6 nitrogen and oxygen atoms in total. The molecule has 1 atom stereocenters. The van der Waals surface area contributed by atoms with Gasteiger partial charge in [0.2, 0.25) is 5.91 Å². The Hall–Kier alpha value is -4.58. The van der Waals surface area contributed by atoms with Crippen molar-refractivity contribution >= 4 is 23.2 Å². The van der Waals surface area contributed by atoms with Gasteiger partial charge < -0.3 is 19.7 Å². The number of anilines is 2. The minimum absolute atomic E-state index is 0.0777. The van der Waals surface area contributed by atoms with Crippen LogP contribution in [-0.4, -0.2) is 31.1 Å². The SMILES string of the molecule is Cc1cccc(OCCN2C(=O)C(C)Oc3ccc(NC(=O)CC(c4ccccc4)c4ccccc4)cc32)c1. The molecule has 0 saturated carbocycles. The zero-order valence-corrected chi connectivity index (χ0v) is 22.2. The average molecular weight is 521 g/mol. The Morgan fingerprint density at radius 1 is 0.923 bits per heavy atom. The first-order valence-electron chi connectivity index (χ1n) is 13.2. The van der Waals surface area contributed by atoms with Gasteiger partial charge in [0.05, 0.1) is 12.2 Å². The van der Waals surface area contributed by atoms with E-state index in [1.54, 1.807) is 30.0 Å². The number of carbonyl (C=O) groups is 2. The first-order valence-corrected chi connectivity index (χ1v) is 13.2. The fourth-order valence-corrected chi connectivity index (χ4v) is 4.87. The third kappa shape index (κ3) is 6.29. The molecule has 2 amide bonds. The first-order chi connectivity index (χ1) is 19.0. The van der Waals surface area contributed by atoms with Gasteiger partial charge in [0.15, 0.2) is 6.10 Å². The molecule has 5 rings (SSSR count). The number of hydrogen-bond acceptors (Lipinski definition) is 4. The van der Waals surface area contributed by atoms with E-state index in [1.165, 1.54) is 0 Å². The van der Waals surface area contributed by atoms with E-state index >= 15 is 0 Å². The van der Waals surface area contributed by atoms with Crippen LogP contribution in [0.4, 0.5) is 11.4 Å². The van der Waals surface area contributed by atoms with Crippen molar-refractivity contribution in [2.75, 3.05) is 23.4 Å². The maximum absolute atomic E-state index is 13.2. The zero-order chi connectivity index (χ0) is 27.2. The van der Waals surface area contributed by atoms with Crippen molar-refractivity contribution in [3.63, 3.8) is 0 Å². The fraction of sp³-hybridized carbons (Fsp3) is 0.212. The minimum atomic E-state index is -0.602. The fourth-order valence-electron chi connectivity index (χ4n) is 4.87.